The molecule has 1 saturated heterocycles. The van der Waals surface area contributed by atoms with Gasteiger partial charge < -0.3 is 10.1 Å². The molecular formula is C9H14F3NO2. The lowest BCUT2D eigenvalue weighted by Crippen LogP contribution is -2.43. The normalized spacial score (nSPS) is 27.5. The van der Waals surface area contributed by atoms with Crippen molar-refractivity contribution >= 4 is 5.91 Å². The molecule has 88 valence electrons. The van der Waals surface area contributed by atoms with E-state index in [1.807, 2.05) is 0 Å². The Morgan fingerprint density at radius 1 is 1.47 bits per heavy atom. The average molecular weight is 225 g/mol. The minimum absolute atomic E-state index is 0.0140. The fourth-order valence-electron chi connectivity index (χ4n) is 1.55. The van der Waals surface area contributed by atoms with Crippen LogP contribution >= 0.6 is 0 Å². The van der Waals surface area contributed by atoms with Crippen LogP contribution in [0.25, 0.3) is 0 Å². The molecule has 1 aliphatic heterocycles. The van der Waals surface area contributed by atoms with Crippen LogP contribution < -0.4 is 5.32 Å². The van der Waals surface area contributed by atoms with E-state index in [4.69, 9.17) is 4.74 Å². The Balaban J connectivity index is 2.39. The molecule has 1 amide bonds. The first kappa shape index (κ1) is 12.3. The molecule has 0 aliphatic carbocycles. The van der Waals surface area contributed by atoms with Crippen LogP contribution in [-0.4, -0.2) is 30.8 Å². The largest absolute Gasteiger partial charge is 0.414 e. The summed E-state index contributed by atoms with van der Waals surface area (Å²) in [4.78, 5) is 10.6. The predicted octanol–water partition coefficient (Wildman–Crippen LogP) is 1.62. The maximum absolute atomic E-state index is 12.3. The molecule has 0 spiro atoms. The van der Waals surface area contributed by atoms with Crippen LogP contribution in [0.4, 0.5) is 13.2 Å². The van der Waals surface area contributed by atoms with Gasteiger partial charge in [-0.25, -0.2) is 0 Å². The topological polar surface area (TPSA) is 38.3 Å². The maximum atomic E-state index is 12.3. The average Bonchev–Trinajstić information content (AvgIpc) is 2.14. The monoisotopic (exact) mass is 225 g/mol. The highest BCUT2D eigenvalue weighted by Gasteiger charge is 2.43. The first-order valence-electron chi connectivity index (χ1n) is 4.86. The molecule has 3 nitrogen and oxygen atoms in total. The Labute approximate surface area is 86.0 Å². The van der Waals surface area contributed by atoms with Gasteiger partial charge in [-0.1, -0.05) is 0 Å². The Morgan fingerprint density at radius 3 is 2.67 bits per heavy atom. The lowest BCUT2D eigenvalue weighted by atomic mass is 10.0. The number of carbonyl (C=O) groups is 1. The number of hydrogen-bond acceptors (Lipinski definition) is 2. The summed E-state index contributed by atoms with van der Waals surface area (Å²) in [7, 11) is 0. The molecule has 1 rings (SSSR count). The summed E-state index contributed by atoms with van der Waals surface area (Å²) in [6.45, 7) is 1.48. The number of rotatable bonds is 2. The number of alkyl halides is 3. The second kappa shape index (κ2) is 4.83. The Morgan fingerprint density at radius 2 is 2.13 bits per heavy atom. The molecule has 1 heterocycles. The molecule has 1 aliphatic rings. The second-order valence-electron chi connectivity index (χ2n) is 3.66. The third kappa shape index (κ3) is 4.07. The van der Waals surface area contributed by atoms with Gasteiger partial charge in [-0.2, -0.15) is 13.2 Å². The van der Waals surface area contributed by atoms with Crippen molar-refractivity contribution in [3.8, 4) is 0 Å². The first-order valence-corrected chi connectivity index (χ1v) is 4.86. The Bertz CT molecular complexity index is 230. The molecule has 0 aromatic heterocycles. The third-order valence-corrected chi connectivity index (χ3v) is 2.29. The SMILES string of the molecule is CC(=O)NCC1CCCC(C(F)(F)F)O1. The Hall–Kier alpha value is -0.780. The van der Waals surface area contributed by atoms with Crippen molar-refractivity contribution in [1.82, 2.24) is 5.32 Å². The van der Waals surface area contributed by atoms with Crippen LogP contribution in [0.1, 0.15) is 26.2 Å². The summed E-state index contributed by atoms with van der Waals surface area (Å²) in [5.74, 6) is -0.257. The van der Waals surface area contributed by atoms with Gasteiger partial charge >= 0.3 is 6.18 Å². The third-order valence-electron chi connectivity index (χ3n) is 2.29. The van der Waals surface area contributed by atoms with E-state index in [1.54, 1.807) is 0 Å². The van der Waals surface area contributed by atoms with Crippen LogP contribution in [0.2, 0.25) is 0 Å². The van der Waals surface area contributed by atoms with Crippen LogP contribution in [0.5, 0.6) is 0 Å². The van der Waals surface area contributed by atoms with E-state index in [-0.39, 0.29) is 18.9 Å². The number of carbonyl (C=O) groups excluding carboxylic acids is 1. The summed E-state index contributed by atoms with van der Waals surface area (Å²) < 4.78 is 41.8. The predicted molar refractivity (Wildman–Crippen MR) is 47.3 cm³/mol. The highest BCUT2D eigenvalue weighted by atomic mass is 19.4. The summed E-state index contributed by atoms with van der Waals surface area (Å²) in [5, 5.41) is 2.46. The van der Waals surface area contributed by atoms with Gasteiger partial charge in [0.25, 0.3) is 0 Å². The quantitative estimate of drug-likeness (QED) is 0.775. The van der Waals surface area contributed by atoms with Crippen LogP contribution in [-0.2, 0) is 9.53 Å². The first-order chi connectivity index (χ1) is 6.89. The Kier molecular flexibility index (Phi) is 3.96. The van der Waals surface area contributed by atoms with Crippen molar-refractivity contribution < 1.29 is 22.7 Å². The van der Waals surface area contributed by atoms with Crippen molar-refractivity contribution in [3.05, 3.63) is 0 Å². The number of halogens is 3. The minimum Gasteiger partial charge on any atom is -0.364 e. The summed E-state index contributed by atoms with van der Waals surface area (Å²) in [5.41, 5.74) is 0. The summed E-state index contributed by atoms with van der Waals surface area (Å²) >= 11 is 0. The van der Waals surface area contributed by atoms with Crippen LogP contribution in [0.3, 0.4) is 0 Å². The highest BCUT2D eigenvalue weighted by Crippen LogP contribution is 2.31. The van der Waals surface area contributed by atoms with E-state index in [0.717, 1.165) is 0 Å². The van der Waals surface area contributed by atoms with Crippen LogP contribution in [0, 0.1) is 0 Å². The van der Waals surface area contributed by atoms with E-state index in [2.05, 4.69) is 5.32 Å². The van der Waals surface area contributed by atoms with Gasteiger partial charge in [0.05, 0.1) is 6.10 Å². The van der Waals surface area contributed by atoms with Crippen molar-refractivity contribution in [3.63, 3.8) is 0 Å². The van der Waals surface area contributed by atoms with Gasteiger partial charge in [0.2, 0.25) is 5.91 Å². The van der Waals surface area contributed by atoms with Gasteiger partial charge in [0, 0.05) is 13.5 Å². The van der Waals surface area contributed by atoms with E-state index >= 15 is 0 Å². The maximum Gasteiger partial charge on any atom is 0.414 e. The van der Waals surface area contributed by atoms with Gasteiger partial charge in [-0.3, -0.25) is 4.79 Å². The second-order valence-corrected chi connectivity index (χ2v) is 3.66. The molecule has 15 heavy (non-hydrogen) atoms. The molecule has 0 aromatic carbocycles. The van der Waals surface area contributed by atoms with Crippen molar-refractivity contribution in [2.75, 3.05) is 6.54 Å². The van der Waals surface area contributed by atoms with Crippen molar-refractivity contribution in [2.45, 2.75) is 44.6 Å². The number of ether oxygens (including phenoxy) is 1. The van der Waals surface area contributed by atoms with Crippen LogP contribution in [0.15, 0.2) is 0 Å². The summed E-state index contributed by atoms with van der Waals surface area (Å²) in [6.07, 6.45) is -5.43. The molecule has 6 heteroatoms. The van der Waals surface area contributed by atoms with Gasteiger partial charge in [0.15, 0.2) is 6.10 Å². The highest BCUT2D eigenvalue weighted by molar-refractivity contribution is 5.72. The molecule has 2 unspecified atom stereocenters. The van der Waals surface area contributed by atoms with E-state index in [9.17, 15) is 18.0 Å². The molecule has 0 bridgehead atoms. The molecule has 0 radical (unpaired) electrons. The standard InChI is InChI=1S/C9H14F3NO2/c1-6(14)13-5-7-3-2-4-8(15-7)9(10,11)12/h7-8H,2-5H2,1H3,(H,13,14). The zero-order valence-corrected chi connectivity index (χ0v) is 8.43. The molecule has 0 saturated carbocycles. The van der Waals surface area contributed by atoms with E-state index in [1.165, 1.54) is 6.92 Å². The minimum atomic E-state index is -4.30. The van der Waals surface area contributed by atoms with Gasteiger partial charge in [-0.05, 0) is 19.3 Å². The zero-order valence-electron chi connectivity index (χ0n) is 8.43. The van der Waals surface area contributed by atoms with Gasteiger partial charge in [0.1, 0.15) is 0 Å². The lowest BCUT2D eigenvalue weighted by molar-refractivity contribution is -0.244. The molecule has 1 N–H and O–H groups in total. The van der Waals surface area contributed by atoms with E-state index < -0.39 is 18.4 Å². The van der Waals surface area contributed by atoms with Crippen molar-refractivity contribution in [1.29, 1.82) is 0 Å². The molecule has 0 aromatic rings. The molecule has 1 fully saturated rings. The number of amides is 1. The smallest absolute Gasteiger partial charge is 0.364 e. The fraction of sp³-hybridized carbons (Fsp3) is 0.889. The summed E-state index contributed by atoms with van der Waals surface area (Å²) in [6, 6.07) is 0. The fourth-order valence-corrected chi connectivity index (χ4v) is 1.55. The molecule has 2 atom stereocenters. The number of nitrogens with one attached hydrogen (secondary N) is 1. The van der Waals surface area contributed by atoms with Crippen molar-refractivity contribution in [2.24, 2.45) is 0 Å². The molecular weight excluding hydrogens is 211 g/mol. The van der Waals surface area contributed by atoms with E-state index in [0.29, 0.717) is 12.8 Å². The zero-order chi connectivity index (χ0) is 11.5. The van der Waals surface area contributed by atoms with Gasteiger partial charge in [-0.15, -0.1) is 0 Å². The lowest BCUT2D eigenvalue weighted by Gasteiger charge is -2.31. The number of hydrogen-bond donors (Lipinski definition) is 1.